The number of nitrogens with zero attached hydrogens (tertiary/aromatic N) is 1. The number of carbonyl (C=O) groups excluding carboxylic acids is 2. The van der Waals surface area contributed by atoms with Crippen LogP contribution >= 0.6 is 35.0 Å². The molecule has 4 nitrogen and oxygen atoms in total. The second-order valence-electron chi connectivity index (χ2n) is 8.04. The molecule has 1 aliphatic rings. The van der Waals surface area contributed by atoms with Crippen molar-refractivity contribution in [3.63, 3.8) is 0 Å². The van der Waals surface area contributed by atoms with Gasteiger partial charge in [-0.05, 0) is 70.1 Å². The first kappa shape index (κ1) is 23.5. The highest BCUT2D eigenvalue weighted by Gasteiger charge is 2.35. The maximum Gasteiger partial charge on any atom is 0.293 e. The number of ether oxygens (including phenoxy) is 1. The molecule has 4 aromatic carbocycles. The van der Waals surface area contributed by atoms with Gasteiger partial charge < -0.3 is 4.74 Å². The lowest BCUT2D eigenvalue weighted by Crippen LogP contribution is -2.27. The van der Waals surface area contributed by atoms with Crippen LogP contribution < -0.4 is 4.74 Å². The standard InChI is InChI=1S/C28H19Cl2NO3S/c29-23-10-9-22(25(30)15-23)17-34-24-11-6-18(7-12-24)14-26-27(32)31(28(33)35-26)16-19-5-8-20-3-1-2-4-21(20)13-19/h1-15H,16-17H2/b26-14-. The number of thioether (sulfide) groups is 1. The number of amides is 2. The average molecular weight is 520 g/mol. The van der Waals surface area contributed by atoms with Crippen LogP contribution in [0.25, 0.3) is 16.8 Å². The van der Waals surface area contributed by atoms with Crippen molar-refractivity contribution in [2.24, 2.45) is 0 Å². The van der Waals surface area contributed by atoms with E-state index in [9.17, 15) is 9.59 Å². The van der Waals surface area contributed by atoms with Crippen LogP contribution in [0.5, 0.6) is 5.75 Å². The van der Waals surface area contributed by atoms with E-state index >= 15 is 0 Å². The topological polar surface area (TPSA) is 46.6 Å². The molecule has 0 N–H and O–H groups in total. The van der Waals surface area contributed by atoms with Gasteiger partial charge in [0.25, 0.3) is 11.1 Å². The zero-order valence-corrected chi connectivity index (χ0v) is 20.7. The molecule has 1 fully saturated rings. The number of imide groups is 1. The Morgan fingerprint density at radius 2 is 1.63 bits per heavy atom. The van der Waals surface area contributed by atoms with Gasteiger partial charge in [0, 0.05) is 15.6 Å². The van der Waals surface area contributed by atoms with Crippen LogP contribution in [0.15, 0.2) is 89.8 Å². The van der Waals surface area contributed by atoms with E-state index in [0.717, 1.165) is 39.2 Å². The predicted octanol–water partition coefficient (Wildman–Crippen LogP) is 7.96. The van der Waals surface area contributed by atoms with Crippen LogP contribution in [-0.2, 0) is 17.9 Å². The number of hydrogen-bond donors (Lipinski definition) is 0. The van der Waals surface area contributed by atoms with Gasteiger partial charge >= 0.3 is 0 Å². The van der Waals surface area contributed by atoms with Crippen LogP contribution in [0.3, 0.4) is 0 Å². The molecule has 0 spiro atoms. The fourth-order valence-corrected chi connectivity index (χ4v) is 5.07. The minimum Gasteiger partial charge on any atom is -0.489 e. The molecule has 1 saturated heterocycles. The van der Waals surface area contributed by atoms with Crippen molar-refractivity contribution >= 4 is 63.0 Å². The summed E-state index contributed by atoms with van der Waals surface area (Å²) in [6, 6.07) is 26.6. The SMILES string of the molecule is O=C1S/C(=C\c2ccc(OCc3ccc(Cl)cc3Cl)cc2)C(=O)N1Cc1ccc2ccccc2c1. The van der Waals surface area contributed by atoms with Crippen molar-refractivity contribution in [3.8, 4) is 5.75 Å². The molecule has 0 radical (unpaired) electrons. The lowest BCUT2D eigenvalue weighted by Gasteiger charge is -2.13. The molecule has 0 saturated carbocycles. The molecule has 35 heavy (non-hydrogen) atoms. The monoisotopic (exact) mass is 519 g/mol. The molecular weight excluding hydrogens is 501 g/mol. The maximum absolute atomic E-state index is 12.9. The molecule has 5 rings (SSSR count). The summed E-state index contributed by atoms with van der Waals surface area (Å²) >= 11 is 13.1. The van der Waals surface area contributed by atoms with Gasteiger partial charge in [-0.25, -0.2) is 0 Å². The fraction of sp³-hybridized carbons (Fsp3) is 0.0714. The first-order valence-electron chi connectivity index (χ1n) is 10.9. The van der Waals surface area contributed by atoms with Crippen molar-refractivity contribution in [3.05, 3.63) is 117 Å². The lowest BCUT2D eigenvalue weighted by molar-refractivity contribution is -0.123. The highest BCUT2D eigenvalue weighted by molar-refractivity contribution is 8.18. The van der Waals surface area contributed by atoms with Gasteiger partial charge in [0.15, 0.2) is 0 Å². The van der Waals surface area contributed by atoms with Crippen molar-refractivity contribution in [2.75, 3.05) is 0 Å². The molecule has 0 bridgehead atoms. The van der Waals surface area contributed by atoms with Crippen LogP contribution in [0.1, 0.15) is 16.7 Å². The molecule has 0 aromatic heterocycles. The molecule has 0 aliphatic carbocycles. The summed E-state index contributed by atoms with van der Waals surface area (Å²) in [4.78, 5) is 27.2. The van der Waals surface area contributed by atoms with Crippen LogP contribution in [0.4, 0.5) is 4.79 Å². The normalized spacial score (nSPS) is 14.8. The van der Waals surface area contributed by atoms with Crippen LogP contribution in [0, 0.1) is 0 Å². The molecule has 174 valence electrons. The van der Waals surface area contributed by atoms with Gasteiger partial charge in [0.2, 0.25) is 0 Å². The first-order valence-corrected chi connectivity index (χ1v) is 12.4. The highest BCUT2D eigenvalue weighted by Crippen LogP contribution is 2.34. The average Bonchev–Trinajstić information content (AvgIpc) is 3.11. The van der Waals surface area contributed by atoms with Gasteiger partial charge in [-0.2, -0.15) is 0 Å². The summed E-state index contributed by atoms with van der Waals surface area (Å²) in [6.45, 7) is 0.551. The summed E-state index contributed by atoms with van der Waals surface area (Å²) in [6.07, 6.45) is 1.73. The van der Waals surface area contributed by atoms with Gasteiger partial charge in [-0.15, -0.1) is 0 Å². The third kappa shape index (κ3) is 5.38. The largest absolute Gasteiger partial charge is 0.489 e. The quantitative estimate of drug-likeness (QED) is 0.242. The van der Waals surface area contributed by atoms with E-state index in [1.165, 1.54) is 4.90 Å². The molecule has 1 aliphatic heterocycles. The minimum atomic E-state index is -0.286. The number of carbonyl (C=O) groups is 2. The van der Waals surface area contributed by atoms with Gasteiger partial charge in [-0.3, -0.25) is 14.5 Å². The molecule has 2 amide bonds. The summed E-state index contributed by atoms with van der Waals surface area (Å²) in [5.41, 5.74) is 2.55. The maximum atomic E-state index is 12.9. The van der Waals surface area contributed by atoms with Crippen LogP contribution in [-0.4, -0.2) is 16.0 Å². The third-order valence-corrected chi connectivity index (χ3v) is 7.11. The number of hydrogen-bond acceptors (Lipinski definition) is 4. The molecule has 4 aromatic rings. The van der Waals surface area contributed by atoms with Crippen molar-refractivity contribution in [1.82, 2.24) is 4.90 Å². The molecule has 0 atom stereocenters. The van der Waals surface area contributed by atoms with Crippen molar-refractivity contribution in [2.45, 2.75) is 13.2 Å². The van der Waals surface area contributed by atoms with E-state index in [0.29, 0.717) is 27.3 Å². The van der Waals surface area contributed by atoms with Gasteiger partial charge in [0.1, 0.15) is 12.4 Å². The lowest BCUT2D eigenvalue weighted by atomic mass is 10.1. The zero-order valence-electron chi connectivity index (χ0n) is 18.4. The predicted molar refractivity (Wildman–Crippen MR) is 143 cm³/mol. The number of rotatable bonds is 6. The zero-order chi connectivity index (χ0) is 24.4. The highest BCUT2D eigenvalue weighted by atomic mass is 35.5. The van der Waals surface area contributed by atoms with Crippen molar-refractivity contribution < 1.29 is 14.3 Å². The summed E-state index contributed by atoms with van der Waals surface area (Å²) in [5, 5.41) is 3.05. The Labute approximate surface area is 217 Å². The Morgan fingerprint density at radius 1 is 0.857 bits per heavy atom. The molecule has 7 heteroatoms. The van der Waals surface area contributed by atoms with Gasteiger partial charge in [-0.1, -0.05) is 77.8 Å². The van der Waals surface area contributed by atoms with E-state index < -0.39 is 0 Å². The number of fused-ring (bicyclic) bond motifs is 1. The Bertz CT molecular complexity index is 1470. The summed E-state index contributed by atoms with van der Waals surface area (Å²) in [5.74, 6) is 0.378. The Morgan fingerprint density at radius 3 is 2.40 bits per heavy atom. The van der Waals surface area contributed by atoms with Gasteiger partial charge in [0.05, 0.1) is 11.4 Å². The second-order valence-corrected chi connectivity index (χ2v) is 9.88. The molecular formula is C28H19Cl2NO3S. The van der Waals surface area contributed by atoms with Crippen LogP contribution in [0.2, 0.25) is 10.0 Å². The molecule has 0 unspecified atom stereocenters. The summed E-state index contributed by atoms with van der Waals surface area (Å²) in [7, 11) is 0. The van der Waals surface area contributed by atoms with Crippen molar-refractivity contribution in [1.29, 1.82) is 0 Å². The minimum absolute atomic E-state index is 0.243. The number of benzene rings is 4. The smallest absolute Gasteiger partial charge is 0.293 e. The summed E-state index contributed by atoms with van der Waals surface area (Å²) < 4.78 is 5.81. The van der Waals surface area contributed by atoms with E-state index in [2.05, 4.69) is 0 Å². The second kappa shape index (κ2) is 10.2. The van der Waals surface area contributed by atoms with E-state index in [1.54, 1.807) is 18.2 Å². The first-order chi connectivity index (χ1) is 17.0. The molecule has 1 heterocycles. The Balaban J connectivity index is 1.25. The van der Waals surface area contributed by atoms with E-state index in [1.807, 2.05) is 72.8 Å². The Kier molecular flexibility index (Phi) is 6.82. The van der Waals surface area contributed by atoms with E-state index in [-0.39, 0.29) is 17.7 Å². The Hall–Kier alpha value is -3.25. The van der Waals surface area contributed by atoms with E-state index in [4.69, 9.17) is 27.9 Å². The fourth-order valence-electron chi connectivity index (χ4n) is 3.77. The number of halogens is 2. The third-order valence-electron chi connectivity index (χ3n) is 5.62.